The Morgan fingerprint density at radius 3 is 2.78 bits per heavy atom. The number of aryl methyl sites for hydroxylation is 1. The van der Waals surface area contributed by atoms with Crippen LogP contribution in [-0.4, -0.2) is 51.2 Å². The number of sulfonamides is 1. The highest BCUT2D eigenvalue weighted by Gasteiger charge is 2.20. The highest BCUT2D eigenvalue weighted by Crippen LogP contribution is 2.22. The molecule has 1 saturated heterocycles. The van der Waals surface area contributed by atoms with Crippen LogP contribution in [0.15, 0.2) is 23.1 Å². The molecule has 1 heterocycles. The van der Waals surface area contributed by atoms with E-state index in [2.05, 4.69) is 10.6 Å². The van der Waals surface area contributed by atoms with Crippen molar-refractivity contribution in [3.8, 4) is 0 Å². The molecule has 6 nitrogen and oxygen atoms in total. The second-order valence-electron chi connectivity index (χ2n) is 5.74. The summed E-state index contributed by atoms with van der Waals surface area (Å²) in [6, 6.07) is 5.18. The number of nitrogens with one attached hydrogen (secondary N) is 2. The molecule has 0 aliphatic carbocycles. The smallest absolute Gasteiger partial charge is 0.242 e. The first-order valence-corrected chi connectivity index (χ1v) is 9.35. The highest BCUT2D eigenvalue weighted by atomic mass is 32.2. The molecule has 23 heavy (non-hydrogen) atoms. The molecule has 0 unspecified atom stereocenters. The maximum Gasteiger partial charge on any atom is 0.242 e. The quantitative estimate of drug-likeness (QED) is 0.782. The summed E-state index contributed by atoms with van der Waals surface area (Å²) >= 11 is 5.25. The Kier molecular flexibility index (Phi) is 5.96. The van der Waals surface area contributed by atoms with Gasteiger partial charge in [0.1, 0.15) is 0 Å². The van der Waals surface area contributed by atoms with E-state index in [1.54, 1.807) is 19.1 Å². The fourth-order valence-corrected chi connectivity index (χ4v) is 3.68. The molecule has 1 aromatic rings. The van der Waals surface area contributed by atoms with Crippen LogP contribution < -0.4 is 10.6 Å². The number of thiocarbonyl (C=S) groups is 1. The van der Waals surface area contributed by atoms with Crippen molar-refractivity contribution < 1.29 is 13.2 Å². The molecular formula is C15H23N3O3S2. The van der Waals surface area contributed by atoms with Gasteiger partial charge >= 0.3 is 0 Å². The van der Waals surface area contributed by atoms with Crippen molar-refractivity contribution in [1.82, 2.24) is 9.62 Å². The zero-order valence-electron chi connectivity index (χ0n) is 13.6. The second kappa shape index (κ2) is 7.57. The van der Waals surface area contributed by atoms with Gasteiger partial charge in [-0.3, -0.25) is 0 Å². The Morgan fingerprint density at radius 2 is 2.17 bits per heavy atom. The van der Waals surface area contributed by atoms with E-state index < -0.39 is 10.0 Å². The van der Waals surface area contributed by atoms with E-state index in [-0.39, 0.29) is 11.0 Å². The van der Waals surface area contributed by atoms with E-state index in [0.717, 1.165) is 19.4 Å². The number of benzene rings is 1. The van der Waals surface area contributed by atoms with E-state index in [0.29, 0.717) is 22.9 Å². The van der Waals surface area contributed by atoms with E-state index in [9.17, 15) is 8.42 Å². The number of hydrogen-bond acceptors (Lipinski definition) is 4. The molecule has 0 radical (unpaired) electrons. The van der Waals surface area contributed by atoms with Gasteiger partial charge in [-0.25, -0.2) is 12.7 Å². The minimum Gasteiger partial charge on any atom is -0.376 e. The summed E-state index contributed by atoms with van der Waals surface area (Å²) in [6.07, 6.45) is 2.30. The number of ether oxygens (including phenoxy) is 1. The number of nitrogens with zero attached hydrogens (tertiary/aromatic N) is 1. The lowest BCUT2D eigenvalue weighted by atomic mass is 10.2. The van der Waals surface area contributed by atoms with Crippen molar-refractivity contribution in [2.45, 2.75) is 30.8 Å². The average molecular weight is 358 g/mol. The van der Waals surface area contributed by atoms with Gasteiger partial charge in [0.05, 0.1) is 11.0 Å². The van der Waals surface area contributed by atoms with E-state index in [4.69, 9.17) is 17.0 Å². The molecule has 0 bridgehead atoms. The summed E-state index contributed by atoms with van der Waals surface area (Å²) in [5.41, 5.74) is 1.34. The van der Waals surface area contributed by atoms with Crippen molar-refractivity contribution in [2.24, 2.45) is 0 Å². The molecule has 0 saturated carbocycles. The average Bonchev–Trinajstić information content (AvgIpc) is 3.00. The molecule has 1 aliphatic rings. The lowest BCUT2D eigenvalue weighted by Crippen LogP contribution is -2.34. The minimum atomic E-state index is -3.48. The van der Waals surface area contributed by atoms with E-state index in [1.165, 1.54) is 18.4 Å². The van der Waals surface area contributed by atoms with E-state index in [1.807, 2.05) is 6.07 Å². The first kappa shape index (κ1) is 18.1. The third-order valence-corrected chi connectivity index (χ3v) is 5.92. The first-order valence-electron chi connectivity index (χ1n) is 7.50. The number of hydrogen-bond donors (Lipinski definition) is 2. The molecule has 1 fully saturated rings. The third kappa shape index (κ3) is 4.63. The molecular weight excluding hydrogens is 334 g/mol. The van der Waals surface area contributed by atoms with Gasteiger partial charge in [0.25, 0.3) is 0 Å². The Labute approximate surface area is 143 Å². The molecule has 1 aromatic carbocycles. The van der Waals surface area contributed by atoms with Gasteiger partial charge in [0.15, 0.2) is 5.11 Å². The van der Waals surface area contributed by atoms with Crippen LogP contribution in [0.3, 0.4) is 0 Å². The van der Waals surface area contributed by atoms with Crippen LogP contribution in [0.4, 0.5) is 5.69 Å². The predicted molar refractivity (Wildman–Crippen MR) is 95.2 cm³/mol. The maximum absolute atomic E-state index is 12.3. The molecule has 0 aromatic heterocycles. The van der Waals surface area contributed by atoms with Gasteiger partial charge in [0, 0.05) is 32.9 Å². The zero-order valence-corrected chi connectivity index (χ0v) is 15.3. The zero-order chi connectivity index (χ0) is 17.0. The Hall–Kier alpha value is -1.22. The second-order valence-corrected chi connectivity index (χ2v) is 8.27. The Balaban J connectivity index is 2.04. The monoisotopic (exact) mass is 357 g/mol. The van der Waals surface area contributed by atoms with Crippen LogP contribution in [0.2, 0.25) is 0 Å². The standard InChI is InChI=1S/C15H23N3O3S2/c1-11-6-7-12(9-14(11)23(19,20)18(2)3)17-15(22)16-10-13-5-4-8-21-13/h6-7,9,13H,4-5,8,10H2,1-3H3,(H2,16,17,22)/t13-/m0/s1. The van der Waals surface area contributed by atoms with Crippen molar-refractivity contribution in [2.75, 3.05) is 32.6 Å². The van der Waals surface area contributed by atoms with Crippen LogP contribution in [0.1, 0.15) is 18.4 Å². The third-order valence-electron chi connectivity index (χ3n) is 3.72. The summed E-state index contributed by atoms with van der Waals surface area (Å²) < 4.78 is 31.4. The number of rotatable bonds is 5. The van der Waals surface area contributed by atoms with Gasteiger partial charge in [-0.15, -0.1) is 0 Å². The van der Waals surface area contributed by atoms with Crippen LogP contribution in [0.25, 0.3) is 0 Å². The van der Waals surface area contributed by atoms with Crippen molar-refractivity contribution in [3.63, 3.8) is 0 Å². The molecule has 2 N–H and O–H groups in total. The lowest BCUT2D eigenvalue weighted by Gasteiger charge is -2.17. The molecule has 8 heteroatoms. The molecule has 1 aliphatic heterocycles. The maximum atomic E-state index is 12.3. The summed E-state index contributed by atoms with van der Waals surface area (Å²) in [4.78, 5) is 0.273. The van der Waals surface area contributed by atoms with Crippen LogP contribution in [0, 0.1) is 6.92 Å². The molecule has 0 spiro atoms. The lowest BCUT2D eigenvalue weighted by molar-refractivity contribution is 0.114. The largest absolute Gasteiger partial charge is 0.376 e. The Bertz CT molecular complexity index is 669. The minimum absolute atomic E-state index is 0.192. The van der Waals surface area contributed by atoms with Crippen molar-refractivity contribution in [1.29, 1.82) is 0 Å². The van der Waals surface area contributed by atoms with Gasteiger partial charge in [-0.2, -0.15) is 0 Å². The normalized spacial score (nSPS) is 18.2. The van der Waals surface area contributed by atoms with Gasteiger partial charge in [-0.1, -0.05) is 6.07 Å². The van der Waals surface area contributed by atoms with Crippen LogP contribution >= 0.6 is 12.2 Å². The fraction of sp³-hybridized carbons (Fsp3) is 0.533. The van der Waals surface area contributed by atoms with Crippen LogP contribution in [0.5, 0.6) is 0 Å². The van der Waals surface area contributed by atoms with Gasteiger partial charge in [0.2, 0.25) is 10.0 Å². The highest BCUT2D eigenvalue weighted by molar-refractivity contribution is 7.89. The summed E-state index contributed by atoms with van der Waals surface area (Å²) in [5.74, 6) is 0. The molecule has 0 amide bonds. The van der Waals surface area contributed by atoms with Crippen molar-refractivity contribution >= 4 is 33.0 Å². The summed E-state index contributed by atoms with van der Waals surface area (Å²) in [6.45, 7) is 3.23. The van der Waals surface area contributed by atoms with Crippen molar-refractivity contribution in [3.05, 3.63) is 23.8 Å². The summed E-state index contributed by atoms with van der Waals surface area (Å²) in [7, 11) is -0.449. The topological polar surface area (TPSA) is 70.7 Å². The first-order chi connectivity index (χ1) is 10.8. The fourth-order valence-electron chi connectivity index (χ4n) is 2.34. The van der Waals surface area contributed by atoms with Gasteiger partial charge in [-0.05, 0) is 49.7 Å². The summed E-state index contributed by atoms with van der Waals surface area (Å²) in [5, 5.41) is 6.59. The van der Waals surface area contributed by atoms with E-state index >= 15 is 0 Å². The Morgan fingerprint density at radius 1 is 1.43 bits per heavy atom. The number of anilines is 1. The molecule has 1 atom stereocenters. The van der Waals surface area contributed by atoms with Crippen LogP contribution in [-0.2, 0) is 14.8 Å². The molecule has 2 rings (SSSR count). The van der Waals surface area contributed by atoms with Gasteiger partial charge < -0.3 is 15.4 Å². The molecule has 128 valence electrons. The predicted octanol–water partition coefficient (Wildman–Crippen LogP) is 1.71. The SMILES string of the molecule is Cc1ccc(NC(=S)NC[C@@H]2CCCO2)cc1S(=O)(=O)N(C)C.